The van der Waals surface area contributed by atoms with Crippen LogP contribution in [-0.4, -0.2) is 57.1 Å². The van der Waals surface area contributed by atoms with E-state index in [0.29, 0.717) is 30.1 Å². The molecule has 0 saturated heterocycles. The van der Waals surface area contributed by atoms with Crippen LogP contribution in [0.2, 0.25) is 5.02 Å². The number of nitrogens with one attached hydrogen (secondary N) is 1. The van der Waals surface area contributed by atoms with E-state index in [2.05, 4.69) is 5.32 Å². The lowest BCUT2D eigenvalue weighted by atomic mass is 10.1. The topological polar surface area (TPSA) is 86.8 Å². The van der Waals surface area contributed by atoms with Gasteiger partial charge in [-0.05, 0) is 42.5 Å². The van der Waals surface area contributed by atoms with Crippen LogP contribution in [0.15, 0.2) is 54.6 Å². The normalized spacial score (nSPS) is 12.3. The van der Waals surface area contributed by atoms with E-state index in [1.165, 1.54) is 11.0 Å². The van der Waals surface area contributed by atoms with Gasteiger partial charge in [-0.25, -0.2) is 8.42 Å². The fraction of sp³-hybridized carbons (Fsp3) is 0.440. The van der Waals surface area contributed by atoms with Crippen molar-refractivity contribution < 1.29 is 18.0 Å². The molecule has 2 rings (SSSR count). The number of benzene rings is 2. The van der Waals surface area contributed by atoms with Crippen LogP contribution in [0.1, 0.15) is 32.8 Å². The lowest BCUT2D eigenvalue weighted by molar-refractivity contribution is -0.139. The third-order valence-electron chi connectivity index (χ3n) is 5.33. The summed E-state index contributed by atoms with van der Waals surface area (Å²) in [5.74, 6) is -0.433. The Morgan fingerprint density at radius 3 is 2.29 bits per heavy atom. The van der Waals surface area contributed by atoms with Gasteiger partial charge in [0.1, 0.15) is 12.6 Å². The second kappa shape index (κ2) is 12.8. The largest absolute Gasteiger partial charge is 0.354 e. The number of nitrogens with zero attached hydrogens (tertiary/aromatic N) is 2. The summed E-state index contributed by atoms with van der Waals surface area (Å²) in [6, 6.07) is 15.3. The first-order valence-corrected chi connectivity index (χ1v) is 13.6. The number of hydrogen-bond donors (Lipinski definition) is 1. The van der Waals surface area contributed by atoms with Gasteiger partial charge in [0.15, 0.2) is 0 Å². The molecule has 34 heavy (non-hydrogen) atoms. The zero-order chi connectivity index (χ0) is 25.3. The van der Waals surface area contributed by atoms with Gasteiger partial charge in [-0.15, -0.1) is 0 Å². The Morgan fingerprint density at radius 2 is 1.74 bits per heavy atom. The summed E-state index contributed by atoms with van der Waals surface area (Å²) in [5, 5.41) is 3.27. The summed E-state index contributed by atoms with van der Waals surface area (Å²) in [4.78, 5) is 28.0. The van der Waals surface area contributed by atoms with Crippen LogP contribution >= 0.6 is 11.6 Å². The molecule has 0 radical (unpaired) electrons. The van der Waals surface area contributed by atoms with Crippen molar-refractivity contribution in [2.45, 2.75) is 39.7 Å². The summed E-state index contributed by atoms with van der Waals surface area (Å²) >= 11 is 6.06. The fourth-order valence-electron chi connectivity index (χ4n) is 3.56. The van der Waals surface area contributed by atoms with Crippen molar-refractivity contribution in [1.82, 2.24) is 10.2 Å². The van der Waals surface area contributed by atoms with Crippen molar-refractivity contribution in [1.29, 1.82) is 0 Å². The SMILES string of the molecule is CC[C@@H](C(=O)NCC(C)C)N(CCc1ccccc1)C(=O)CN(c1cccc(Cl)c1)S(C)(=O)=O. The number of rotatable bonds is 12. The number of amides is 2. The molecule has 0 fully saturated rings. The Labute approximate surface area is 208 Å². The molecule has 0 aliphatic carbocycles. The third-order valence-corrected chi connectivity index (χ3v) is 6.71. The maximum absolute atomic E-state index is 13.5. The van der Waals surface area contributed by atoms with Crippen molar-refractivity contribution in [2.24, 2.45) is 5.92 Å². The van der Waals surface area contributed by atoms with Gasteiger partial charge in [0.05, 0.1) is 11.9 Å². The Bertz CT molecular complexity index is 1060. The number of anilines is 1. The van der Waals surface area contributed by atoms with E-state index in [1.54, 1.807) is 18.2 Å². The number of carbonyl (C=O) groups excluding carboxylic acids is 2. The molecule has 186 valence electrons. The highest BCUT2D eigenvalue weighted by molar-refractivity contribution is 7.92. The smallest absolute Gasteiger partial charge is 0.244 e. The molecule has 0 saturated carbocycles. The molecule has 0 spiro atoms. The predicted molar refractivity (Wildman–Crippen MR) is 137 cm³/mol. The number of hydrogen-bond acceptors (Lipinski definition) is 4. The summed E-state index contributed by atoms with van der Waals surface area (Å²) in [7, 11) is -3.78. The van der Waals surface area contributed by atoms with Crippen LogP contribution in [0.3, 0.4) is 0 Å². The molecule has 2 aromatic rings. The molecule has 7 nitrogen and oxygen atoms in total. The van der Waals surface area contributed by atoms with E-state index in [9.17, 15) is 18.0 Å². The lowest BCUT2D eigenvalue weighted by Gasteiger charge is -2.33. The Kier molecular flexibility index (Phi) is 10.4. The predicted octanol–water partition coefficient (Wildman–Crippen LogP) is 3.73. The minimum Gasteiger partial charge on any atom is -0.354 e. The second-order valence-corrected chi connectivity index (χ2v) is 11.0. The molecule has 0 aromatic heterocycles. The quantitative estimate of drug-likeness (QED) is 0.474. The van der Waals surface area contributed by atoms with Gasteiger partial charge in [0.25, 0.3) is 0 Å². The van der Waals surface area contributed by atoms with E-state index in [-0.39, 0.29) is 18.4 Å². The lowest BCUT2D eigenvalue weighted by Crippen LogP contribution is -2.53. The molecular weight excluding hydrogens is 474 g/mol. The summed E-state index contributed by atoms with van der Waals surface area (Å²) in [6.45, 7) is 6.18. The van der Waals surface area contributed by atoms with Gasteiger partial charge in [-0.1, -0.05) is 68.8 Å². The van der Waals surface area contributed by atoms with E-state index in [4.69, 9.17) is 11.6 Å². The van der Waals surface area contributed by atoms with Gasteiger partial charge in [-0.3, -0.25) is 13.9 Å². The van der Waals surface area contributed by atoms with Crippen molar-refractivity contribution in [3.05, 3.63) is 65.2 Å². The van der Waals surface area contributed by atoms with Gasteiger partial charge >= 0.3 is 0 Å². The van der Waals surface area contributed by atoms with Crippen molar-refractivity contribution >= 4 is 39.1 Å². The highest BCUT2D eigenvalue weighted by Gasteiger charge is 2.31. The monoisotopic (exact) mass is 507 g/mol. The van der Waals surface area contributed by atoms with Crippen molar-refractivity contribution in [3.8, 4) is 0 Å². The summed E-state index contributed by atoms with van der Waals surface area (Å²) in [6.07, 6.45) is 1.99. The molecule has 1 N–H and O–H groups in total. The first-order valence-electron chi connectivity index (χ1n) is 11.4. The molecule has 9 heteroatoms. The maximum atomic E-state index is 13.5. The van der Waals surface area contributed by atoms with E-state index in [1.807, 2.05) is 51.1 Å². The van der Waals surface area contributed by atoms with Gasteiger partial charge < -0.3 is 10.2 Å². The number of halogens is 1. The molecule has 0 aliphatic heterocycles. The van der Waals surface area contributed by atoms with E-state index >= 15 is 0 Å². The van der Waals surface area contributed by atoms with Crippen LogP contribution < -0.4 is 9.62 Å². The van der Waals surface area contributed by atoms with Crippen LogP contribution in [-0.2, 0) is 26.0 Å². The van der Waals surface area contributed by atoms with Crippen LogP contribution in [0.5, 0.6) is 0 Å². The summed E-state index contributed by atoms with van der Waals surface area (Å²) < 4.78 is 26.2. The van der Waals surface area contributed by atoms with E-state index < -0.39 is 28.5 Å². The van der Waals surface area contributed by atoms with Crippen LogP contribution in [0, 0.1) is 5.92 Å². The molecule has 0 bridgehead atoms. The average Bonchev–Trinajstić information content (AvgIpc) is 2.78. The second-order valence-electron chi connectivity index (χ2n) is 8.64. The molecule has 2 aromatic carbocycles. The Morgan fingerprint density at radius 1 is 1.06 bits per heavy atom. The first-order chi connectivity index (χ1) is 16.0. The van der Waals surface area contributed by atoms with E-state index in [0.717, 1.165) is 16.1 Å². The molecule has 2 amide bonds. The van der Waals surface area contributed by atoms with Gasteiger partial charge in [0.2, 0.25) is 21.8 Å². The molecule has 0 heterocycles. The van der Waals surface area contributed by atoms with Crippen LogP contribution in [0.25, 0.3) is 0 Å². The van der Waals surface area contributed by atoms with Gasteiger partial charge in [0, 0.05) is 18.1 Å². The third kappa shape index (κ3) is 8.33. The number of carbonyl (C=O) groups is 2. The van der Waals surface area contributed by atoms with Crippen molar-refractivity contribution in [2.75, 3.05) is 30.2 Å². The highest BCUT2D eigenvalue weighted by Crippen LogP contribution is 2.22. The number of sulfonamides is 1. The molecule has 1 atom stereocenters. The van der Waals surface area contributed by atoms with Crippen LogP contribution in [0.4, 0.5) is 5.69 Å². The van der Waals surface area contributed by atoms with Gasteiger partial charge in [-0.2, -0.15) is 0 Å². The minimum atomic E-state index is -3.78. The maximum Gasteiger partial charge on any atom is 0.244 e. The van der Waals surface area contributed by atoms with Crippen molar-refractivity contribution in [3.63, 3.8) is 0 Å². The Hall–Kier alpha value is -2.58. The zero-order valence-electron chi connectivity index (χ0n) is 20.2. The first kappa shape index (κ1) is 27.7. The fourth-order valence-corrected chi connectivity index (χ4v) is 4.59. The minimum absolute atomic E-state index is 0.244. The molecular formula is C25H34ClN3O4S. The molecule has 0 aliphatic rings. The highest BCUT2D eigenvalue weighted by atomic mass is 35.5. The average molecular weight is 508 g/mol. The Balaban J connectivity index is 2.34. The standard InChI is InChI=1S/C25H34ClN3O4S/c1-5-23(25(31)27-17-19(2)3)28(15-14-20-10-7-6-8-11-20)24(30)18-29(34(4,32)33)22-13-9-12-21(26)16-22/h6-13,16,19,23H,5,14-15,17-18H2,1-4H3,(H,27,31)/t23-/m0/s1. The zero-order valence-corrected chi connectivity index (χ0v) is 21.8. The summed E-state index contributed by atoms with van der Waals surface area (Å²) in [5.41, 5.74) is 1.32. The molecule has 0 unspecified atom stereocenters.